The molecule has 0 N–H and O–H groups in total. The van der Waals surface area contributed by atoms with Gasteiger partial charge >= 0.3 is 5.97 Å². The summed E-state index contributed by atoms with van der Waals surface area (Å²) in [7, 11) is -0.618. The maximum atomic E-state index is 11.6. The molecule has 2 aromatic carbocycles. The fourth-order valence-corrected chi connectivity index (χ4v) is 4.68. The standard InChI is InChI=1S/C17H15O2P/c1-12(2)17(18)19-11-20-15-9-5-3-7-13(15)14-8-4-6-10-16(14)20/h3-10H,1,11H2,2H3. The first-order chi connectivity index (χ1) is 9.68. The highest BCUT2D eigenvalue weighted by atomic mass is 31.1. The Morgan fingerprint density at radius 3 is 2.05 bits per heavy atom. The van der Waals surface area contributed by atoms with Crippen molar-refractivity contribution < 1.29 is 9.53 Å². The molecule has 1 aromatic heterocycles. The van der Waals surface area contributed by atoms with Gasteiger partial charge in [-0.3, -0.25) is 0 Å². The second-order valence-electron chi connectivity index (χ2n) is 4.80. The normalized spacial score (nSPS) is 10.8. The van der Waals surface area contributed by atoms with Gasteiger partial charge in [-0.25, -0.2) is 4.79 Å². The number of carbonyl (C=O) groups is 1. The van der Waals surface area contributed by atoms with Gasteiger partial charge in [0.25, 0.3) is 0 Å². The van der Waals surface area contributed by atoms with Crippen molar-refractivity contribution in [2.24, 2.45) is 0 Å². The van der Waals surface area contributed by atoms with E-state index in [9.17, 15) is 4.79 Å². The van der Waals surface area contributed by atoms with Crippen LogP contribution in [0.25, 0.3) is 21.0 Å². The van der Waals surface area contributed by atoms with Crippen molar-refractivity contribution in [2.75, 3.05) is 0 Å². The molecular weight excluding hydrogens is 267 g/mol. The maximum absolute atomic E-state index is 11.6. The summed E-state index contributed by atoms with van der Waals surface area (Å²) in [5, 5.41) is 5.11. The van der Waals surface area contributed by atoms with Crippen molar-refractivity contribution in [3.63, 3.8) is 0 Å². The number of carbonyl (C=O) groups excluding carboxylic acids is 1. The van der Waals surface area contributed by atoms with Crippen molar-refractivity contribution in [3.05, 3.63) is 60.7 Å². The number of esters is 1. The van der Waals surface area contributed by atoms with Crippen LogP contribution in [0.2, 0.25) is 0 Å². The molecule has 2 nitrogen and oxygen atoms in total. The highest BCUT2D eigenvalue weighted by Gasteiger charge is 2.12. The second kappa shape index (κ2) is 5.15. The molecule has 0 aliphatic rings. The van der Waals surface area contributed by atoms with Gasteiger partial charge in [-0.05, 0) is 17.7 Å². The number of fused-ring (bicyclic) bond motifs is 3. The molecule has 1 heterocycles. The molecule has 3 aromatic rings. The lowest BCUT2D eigenvalue weighted by Crippen LogP contribution is -2.01. The molecule has 0 saturated carbocycles. The van der Waals surface area contributed by atoms with Gasteiger partial charge in [0.2, 0.25) is 0 Å². The van der Waals surface area contributed by atoms with Gasteiger partial charge in [-0.2, -0.15) is 0 Å². The van der Waals surface area contributed by atoms with Crippen LogP contribution in [0.15, 0.2) is 60.7 Å². The van der Waals surface area contributed by atoms with Gasteiger partial charge in [-0.1, -0.05) is 62.6 Å². The van der Waals surface area contributed by atoms with Crippen LogP contribution in [-0.4, -0.2) is 5.97 Å². The van der Waals surface area contributed by atoms with Crippen molar-refractivity contribution in [1.82, 2.24) is 0 Å². The molecule has 3 rings (SSSR count). The predicted octanol–water partition coefficient (Wildman–Crippen LogP) is 5.06. The number of benzene rings is 2. The number of hydrogen-bond acceptors (Lipinski definition) is 2. The Morgan fingerprint density at radius 1 is 1.05 bits per heavy atom. The van der Waals surface area contributed by atoms with E-state index in [2.05, 4.69) is 30.8 Å². The Bertz CT molecular complexity index is 761. The van der Waals surface area contributed by atoms with Crippen molar-refractivity contribution in [3.8, 4) is 0 Å². The highest BCUT2D eigenvalue weighted by molar-refractivity contribution is 7.60. The van der Waals surface area contributed by atoms with Crippen molar-refractivity contribution in [2.45, 2.75) is 13.3 Å². The Labute approximate surface area is 118 Å². The quantitative estimate of drug-likeness (QED) is 0.496. The van der Waals surface area contributed by atoms with Crippen LogP contribution in [0, 0.1) is 0 Å². The van der Waals surface area contributed by atoms with E-state index in [4.69, 9.17) is 4.74 Å². The Morgan fingerprint density at radius 2 is 1.55 bits per heavy atom. The van der Waals surface area contributed by atoms with E-state index in [0.717, 1.165) is 0 Å². The van der Waals surface area contributed by atoms with E-state index in [1.165, 1.54) is 21.0 Å². The Balaban J connectivity index is 2.12. The van der Waals surface area contributed by atoms with Gasteiger partial charge in [0.05, 0.1) is 0 Å². The first-order valence-electron chi connectivity index (χ1n) is 6.47. The Hall–Kier alpha value is -2.05. The summed E-state index contributed by atoms with van der Waals surface area (Å²) in [5.74, 6) is -0.311. The van der Waals surface area contributed by atoms with Gasteiger partial charge in [0.15, 0.2) is 0 Å². The van der Waals surface area contributed by atoms with E-state index in [1.54, 1.807) is 6.92 Å². The largest absolute Gasteiger partial charge is 0.454 e. The highest BCUT2D eigenvalue weighted by Crippen LogP contribution is 2.49. The fourth-order valence-electron chi connectivity index (χ4n) is 2.39. The number of ether oxygens (including phenoxy) is 1. The second-order valence-corrected chi connectivity index (χ2v) is 6.88. The monoisotopic (exact) mass is 282 g/mol. The molecule has 0 aliphatic carbocycles. The van der Waals surface area contributed by atoms with Crippen LogP contribution in [-0.2, 0) is 15.9 Å². The lowest BCUT2D eigenvalue weighted by atomic mass is 10.2. The van der Waals surface area contributed by atoms with Crippen LogP contribution in [0.5, 0.6) is 0 Å². The molecule has 0 unspecified atom stereocenters. The average molecular weight is 282 g/mol. The molecule has 100 valence electrons. The van der Waals surface area contributed by atoms with Crippen molar-refractivity contribution in [1.29, 1.82) is 0 Å². The van der Waals surface area contributed by atoms with Gasteiger partial charge in [0.1, 0.15) is 6.35 Å². The molecular formula is C17H15O2P. The third kappa shape index (κ3) is 2.13. The van der Waals surface area contributed by atoms with Gasteiger partial charge in [0, 0.05) is 15.8 Å². The molecule has 0 bridgehead atoms. The summed E-state index contributed by atoms with van der Waals surface area (Å²) < 4.78 is 5.39. The zero-order chi connectivity index (χ0) is 14.1. The van der Waals surface area contributed by atoms with E-state index < -0.39 is 7.53 Å². The molecule has 0 aliphatic heterocycles. The summed E-state index contributed by atoms with van der Waals surface area (Å²) in [5.41, 5.74) is 0.445. The van der Waals surface area contributed by atoms with Gasteiger partial charge in [-0.15, -0.1) is 0 Å². The van der Waals surface area contributed by atoms with Gasteiger partial charge < -0.3 is 4.74 Å². The summed E-state index contributed by atoms with van der Waals surface area (Å²) in [6.45, 7) is 5.29. The summed E-state index contributed by atoms with van der Waals surface area (Å²) >= 11 is 0. The minimum atomic E-state index is -0.618. The van der Waals surface area contributed by atoms with E-state index in [1.807, 2.05) is 24.3 Å². The molecule has 20 heavy (non-hydrogen) atoms. The minimum absolute atomic E-state index is 0.311. The predicted molar refractivity (Wildman–Crippen MR) is 85.1 cm³/mol. The lowest BCUT2D eigenvalue weighted by molar-refractivity contribution is -0.138. The summed E-state index contributed by atoms with van der Waals surface area (Å²) in [6, 6.07) is 16.7. The number of hydrogen-bond donors (Lipinski definition) is 0. The molecule has 3 heteroatoms. The topological polar surface area (TPSA) is 26.3 Å². The fraction of sp³-hybridized carbons (Fsp3) is 0.118. The smallest absolute Gasteiger partial charge is 0.333 e. The SMILES string of the molecule is C=C(C)C(=O)OCp1c2ccccc2c2ccccc21. The van der Waals surface area contributed by atoms with Crippen LogP contribution in [0.3, 0.4) is 0 Å². The molecule has 0 radical (unpaired) electrons. The first kappa shape index (κ1) is 13.0. The Kier molecular flexibility index (Phi) is 3.33. The molecule has 0 saturated heterocycles. The third-order valence-electron chi connectivity index (χ3n) is 3.35. The third-order valence-corrected chi connectivity index (χ3v) is 5.68. The minimum Gasteiger partial charge on any atom is -0.454 e. The van der Waals surface area contributed by atoms with Crippen LogP contribution >= 0.6 is 7.53 Å². The molecule has 0 fully saturated rings. The summed E-state index contributed by atoms with van der Waals surface area (Å²) in [4.78, 5) is 11.6. The molecule has 0 atom stereocenters. The maximum Gasteiger partial charge on any atom is 0.333 e. The molecule has 0 spiro atoms. The van der Waals surface area contributed by atoms with E-state index >= 15 is 0 Å². The lowest BCUT2D eigenvalue weighted by Gasteiger charge is -2.05. The van der Waals surface area contributed by atoms with Crippen molar-refractivity contribution >= 4 is 34.5 Å². The first-order valence-corrected chi connectivity index (χ1v) is 8.00. The van der Waals surface area contributed by atoms with Crippen LogP contribution < -0.4 is 0 Å². The molecule has 0 amide bonds. The summed E-state index contributed by atoms with van der Waals surface area (Å²) in [6.07, 6.45) is 0.426. The zero-order valence-corrected chi connectivity index (χ0v) is 12.2. The van der Waals surface area contributed by atoms with E-state index in [0.29, 0.717) is 11.9 Å². The number of rotatable bonds is 3. The zero-order valence-electron chi connectivity index (χ0n) is 11.3. The van der Waals surface area contributed by atoms with E-state index in [-0.39, 0.29) is 5.97 Å². The van der Waals surface area contributed by atoms with Crippen LogP contribution in [0.4, 0.5) is 0 Å². The van der Waals surface area contributed by atoms with Crippen LogP contribution in [0.1, 0.15) is 6.92 Å². The average Bonchev–Trinajstić information content (AvgIpc) is 2.79.